The molecule has 114 valence electrons. The molecule has 0 radical (unpaired) electrons. The Hall–Kier alpha value is -3.40. The number of nitrogens with zero attached hydrogens (tertiary/aromatic N) is 4. The molecular weight excluding hydrogens is 296 g/mol. The van der Waals surface area contributed by atoms with E-state index in [0.29, 0.717) is 0 Å². The number of hydrogen-bond donors (Lipinski definition) is 0. The van der Waals surface area contributed by atoms with Crippen molar-refractivity contribution in [2.24, 2.45) is 0 Å². The van der Waals surface area contributed by atoms with Crippen LogP contribution in [0.3, 0.4) is 0 Å². The molecular formula is C20H17N4+3. The van der Waals surface area contributed by atoms with Gasteiger partial charge in [-0.05, 0) is 36.4 Å². The van der Waals surface area contributed by atoms with Gasteiger partial charge in [-0.1, -0.05) is 6.07 Å². The molecule has 0 atom stereocenters. The van der Waals surface area contributed by atoms with Gasteiger partial charge in [-0.15, -0.1) is 13.7 Å². The zero-order valence-corrected chi connectivity index (χ0v) is 13.1. The van der Waals surface area contributed by atoms with Gasteiger partial charge in [-0.25, -0.2) is 0 Å². The van der Waals surface area contributed by atoms with Crippen molar-refractivity contribution in [3.8, 4) is 17.5 Å². The molecule has 0 bridgehead atoms. The number of rotatable bonds is 3. The highest BCUT2D eigenvalue weighted by Crippen LogP contribution is 2.01. The van der Waals surface area contributed by atoms with Gasteiger partial charge >= 0.3 is 17.5 Å². The maximum Gasteiger partial charge on any atom is 0.404 e. The molecule has 0 fully saturated rings. The van der Waals surface area contributed by atoms with Crippen LogP contribution in [0.2, 0.25) is 0 Å². The van der Waals surface area contributed by atoms with Gasteiger partial charge in [-0.2, -0.15) is 0 Å². The molecule has 4 heterocycles. The maximum absolute atomic E-state index is 4.48. The second-order valence-electron chi connectivity index (χ2n) is 5.33. The van der Waals surface area contributed by atoms with Crippen LogP contribution >= 0.6 is 0 Å². The normalized spacial score (nSPS) is 10.5. The van der Waals surface area contributed by atoms with E-state index in [1.165, 1.54) is 0 Å². The van der Waals surface area contributed by atoms with Crippen LogP contribution in [0.1, 0.15) is 0 Å². The number of aromatic nitrogens is 4. The fraction of sp³-hybridized carbons (Fsp3) is 0. The van der Waals surface area contributed by atoms with Crippen LogP contribution in [-0.2, 0) is 0 Å². The van der Waals surface area contributed by atoms with Crippen molar-refractivity contribution in [2.45, 2.75) is 0 Å². The second-order valence-corrected chi connectivity index (χ2v) is 5.33. The van der Waals surface area contributed by atoms with Crippen molar-refractivity contribution >= 4 is 0 Å². The Kier molecular flexibility index (Phi) is 3.78. The molecule has 4 heteroatoms. The molecule has 0 aliphatic rings. The van der Waals surface area contributed by atoms with Gasteiger partial charge in [-0.3, -0.25) is 0 Å². The summed E-state index contributed by atoms with van der Waals surface area (Å²) in [5.74, 6) is 2.95. The molecule has 0 unspecified atom stereocenters. The Morgan fingerprint density at radius 1 is 0.542 bits per heavy atom. The maximum atomic E-state index is 4.48. The molecule has 24 heavy (non-hydrogen) atoms. The summed E-state index contributed by atoms with van der Waals surface area (Å²) in [5.41, 5.74) is 0. The van der Waals surface area contributed by atoms with Crippen molar-refractivity contribution in [1.82, 2.24) is 4.98 Å². The average Bonchev–Trinajstić information content (AvgIpc) is 2.69. The molecule has 0 aliphatic carbocycles. The molecule has 0 aliphatic heterocycles. The van der Waals surface area contributed by atoms with Crippen LogP contribution in [-0.4, -0.2) is 4.98 Å². The summed E-state index contributed by atoms with van der Waals surface area (Å²) in [6.07, 6.45) is 9.97. The largest absolute Gasteiger partial charge is 0.404 e. The first-order chi connectivity index (χ1) is 11.9. The quantitative estimate of drug-likeness (QED) is 0.530. The summed E-state index contributed by atoms with van der Waals surface area (Å²) in [6.45, 7) is 0. The third-order valence-electron chi connectivity index (χ3n) is 3.80. The summed E-state index contributed by atoms with van der Waals surface area (Å²) >= 11 is 0. The lowest BCUT2D eigenvalue weighted by Gasteiger charge is -2.02. The first-order valence-corrected chi connectivity index (χ1v) is 7.83. The molecule has 4 aromatic rings. The average molecular weight is 313 g/mol. The zero-order chi connectivity index (χ0) is 16.2. The third kappa shape index (κ3) is 2.65. The predicted molar refractivity (Wildman–Crippen MR) is 88.8 cm³/mol. The lowest BCUT2D eigenvalue weighted by molar-refractivity contribution is -0.798. The Morgan fingerprint density at radius 3 is 1.96 bits per heavy atom. The van der Waals surface area contributed by atoms with E-state index in [-0.39, 0.29) is 0 Å². The monoisotopic (exact) mass is 313 g/mol. The van der Waals surface area contributed by atoms with Gasteiger partial charge in [0.1, 0.15) is 12.4 Å². The lowest BCUT2D eigenvalue weighted by Crippen LogP contribution is -2.54. The molecule has 0 amide bonds. The van der Waals surface area contributed by atoms with Crippen LogP contribution in [0.25, 0.3) is 17.5 Å². The van der Waals surface area contributed by atoms with E-state index in [4.69, 9.17) is 0 Å². The van der Waals surface area contributed by atoms with Crippen molar-refractivity contribution in [1.29, 1.82) is 0 Å². The van der Waals surface area contributed by atoms with Crippen molar-refractivity contribution in [3.05, 3.63) is 104 Å². The van der Waals surface area contributed by atoms with Crippen LogP contribution in [0.15, 0.2) is 104 Å². The SMILES string of the molecule is c1cc[n+](-c2cccc[n+]2-c2cccc[n+]2-c2ccccn2)cc1. The van der Waals surface area contributed by atoms with Gasteiger partial charge < -0.3 is 0 Å². The number of hydrogen-bond acceptors (Lipinski definition) is 1. The van der Waals surface area contributed by atoms with Gasteiger partial charge in [0.15, 0.2) is 18.6 Å². The topological polar surface area (TPSA) is 24.5 Å². The summed E-state index contributed by atoms with van der Waals surface area (Å²) in [6, 6.07) is 24.3. The van der Waals surface area contributed by atoms with Gasteiger partial charge in [0, 0.05) is 23.2 Å². The van der Waals surface area contributed by atoms with E-state index in [9.17, 15) is 0 Å². The van der Waals surface area contributed by atoms with E-state index < -0.39 is 0 Å². The first-order valence-electron chi connectivity index (χ1n) is 7.83. The minimum atomic E-state index is 0.883. The Labute approximate surface area is 140 Å². The van der Waals surface area contributed by atoms with E-state index in [1.807, 2.05) is 85.5 Å². The van der Waals surface area contributed by atoms with Crippen LogP contribution in [0, 0.1) is 0 Å². The highest BCUT2D eigenvalue weighted by atomic mass is 15.2. The second kappa shape index (κ2) is 6.38. The van der Waals surface area contributed by atoms with Crippen LogP contribution < -0.4 is 13.7 Å². The summed E-state index contributed by atoms with van der Waals surface area (Å²) in [4.78, 5) is 4.48. The molecule has 0 N–H and O–H groups in total. The zero-order valence-electron chi connectivity index (χ0n) is 13.1. The van der Waals surface area contributed by atoms with Crippen molar-refractivity contribution in [3.63, 3.8) is 0 Å². The summed E-state index contributed by atoms with van der Waals surface area (Å²) in [5, 5.41) is 0. The minimum Gasteiger partial charge on any atom is -0.125 e. The molecule has 0 spiro atoms. The van der Waals surface area contributed by atoms with E-state index in [2.05, 4.69) is 37.0 Å². The fourth-order valence-electron chi connectivity index (χ4n) is 2.71. The summed E-state index contributed by atoms with van der Waals surface area (Å²) in [7, 11) is 0. The molecule has 0 saturated heterocycles. The first kappa shape index (κ1) is 14.2. The smallest absolute Gasteiger partial charge is 0.125 e. The minimum absolute atomic E-state index is 0.883. The third-order valence-corrected chi connectivity index (χ3v) is 3.80. The Morgan fingerprint density at radius 2 is 1.21 bits per heavy atom. The fourth-order valence-corrected chi connectivity index (χ4v) is 2.71. The lowest BCUT2D eigenvalue weighted by atomic mass is 10.3. The molecule has 0 aromatic carbocycles. The standard InChI is InChI=1S/C20H17N4/c1-6-14-22(15-7-1)19-11-3-9-17-24(19)20-12-4-8-16-23(20)18-10-2-5-13-21-18/h1-17H/q+3. The van der Waals surface area contributed by atoms with Crippen molar-refractivity contribution < 1.29 is 13.7 Å². The molecule has 4 nitrogen and oxygen atoms in total. The Balaban J connectivity index is 1.93. The number of pyridine rings is 4. The van der Waals surface area contributed by atoms with E-state index >= 15 is 0 Å². The van der Waals surface area contributed by atoms with Crippen LogP contribution in [0.4, 0.5) is 0 Å². The van der Waals surface area contributed by atoms with E-state index in [1.54, 1.807) is 0 Å². The molecule has 0 saturated carbocycles. The van der Waals surface area contributed by atoms with Gasteiger partial charge in [0.25, 0.3) is 0 Å². The van der Waals surface area contributed by atoms with Crippen molar-refractivity contribution in [2.75, 3.05) is 0 Å². The molecule has 4 aromatic heterocycles. The highest BCUT2D eigenvalue weighted by Gasteiger charge is 2.26. The predicted octanol–water partition coefficient (Wildman–Crippen LogP) is 1.91. The van der Waals surface area contributed by atoms with Gasteiger partial charge in [0.05, 0.1) is 12.1 Å². The highest BCUT2D eigenvalue weighted by molar-refractivity contribution is 5.16. The molecule has 4 rings (SSSR count). The van der Waals surface area contributed by atoms with Crippen LogP contribution in [0.5, 0.6) is 0 Å². The van der Waals surface area contributed by atoms with Gasteiger partial charge in [0.2, 0.25) is 0 Å². The summed E-state index contributed by atoms with van der Waals surface area (Å²) < 4.78 is 6.32. The van der Waals surface area contributed by atoms with E-state index in [0.717, 1.165) is 17.5 Å². The Bertz CT molecular complexity index is 872.